The number of aromatic nitrogens is 1. The topological polar surface area (TPSA) is 66.2 Å². The van der Waals surface area contributed by atoms with Crippen molar-refractivity contribution < 1.29 is 0 Å². The van der Waals surface area contributed by atoms with E-state index in [1.54, 1.807) is 0 Å². The van der Waals surface area contributed by atoms with Gasteiger partial charge in [0.05, 0.1) is 17.1 Å². The van der Waals surface area contributed by atoms with Gasteiger partial charge in [-0.05, 0) is 12.0 Å². The molecule has 0 bridgehead atoms. The van der Waals surface area contributed by atoms with E-state index in [2.05, 4.69) is 35.7 Å². The lowest BCUT2D eigenvalue weighted by Crippen LogP contribution is -2.31. The number of hydrogen-bond acceptors (Lipinski definition) is 3. The van der Waals surface area contributed by atoms with Crippen LogP contribution in [0.25, 0.3) is 5.70 Å². The van der Waals surface area contributed by atoms with Crippen LogP contribution >= 0.6 is 0 Å². The first kappa shape index (κ1) is 8.87. The van der Waals surface area contributed by atoms with Crippen LogP contribution in [0.3, 0.4) is 0 Å². The fourth-order valence-electron chi connectivity index (χ4n) is 1.47. The number of nitrogens with one attached hydrogen (secondary N) is 2. The summed E-state index contributed by atoms with van der Waals surface area (Å²) in [5, 5.41) is 2.89. The second kappa shape index (κ2) is 2.90. The highest BCUT2D eigenvalue weighted by Crippen LogP contribution is 2.30. The molecule has 0 amide bonds. The fraction of sp³-hybridized carbons (Fsp3) is 0.300. The normalized spacial score (nSPS) is 15.1. The fourth-order valence-corrected chi connectivity index (χ4v) is 1.47. The maximum Gasteiger partial charge on any atom is 0.198 e. The third-order valence-electron chi connectivity index (χ3n) is 2.26. The molecule has 1 aliphatic heterocycles. The van der Waals surface area contributed by atoms with Crippen molar-refractivity contribution in [3.8, 4) is 0 Å². The number of guanidine groups is 1. The first-order valence-corrected chi connectivity index (χ1v) is 4.61. The Morgan fingerprint density at radius 3 is 2.86 bits per heavy atom. The summed E-state index contributed by atoms with van der Waals surface area (Å²) in [6.07, 6.45) is 0. The summed E-state index contributed by atoms with van der Waals surface area (Å²) in [6.45, 7) is 8.13. The Labute approximate surface area is 82.9 Å². The number of rotatable bonds is 1. The van der Waals surface area contributed by atoms with Crippen LogP contribution in [-0.2, 0) is 0 Å². The maximum atomic E-state index is 5.59. The van der Waals surface area contributed by atoms with E-state index in [1.165, 1.54) is 0 Å². The van der Waals surface area contributed by atoms with E-state index in [-0.39, 0.29) is 0 Å². The molecule has 4 nitrogen and oxygen atoms in total. The molecule has 0 radical (unpaired) electrons. The lowest BCUT2D eigenvalue weighted by atomic mass is 10.1. The van der Waals surface area contributed by atoms with Crippen molar-refractivity contribution in [1.82, 2.24) is 10.3 Å². The lowest BCUT2D eigenvalue weighted by molar-refractivity contribution is 0.831. The Balaban J connectivity index is 2.51. The van der Waals surface area contributed by atoms with Gasteiger partial charge in [0.2, 0.25) is 0 Å². The Hall–Kier alpha value is -1.71. The van der Waals surface area contributed by atoms with Crippen LogP contribution in [0.5, 0.6) is 0 Å². The Morgan fingerprint density at radius 2 is 2.21 bits per heavy atom. The SMILES string of the molecule is C=C1NC(N)=Nc2cc(C(C)C)[nH]c21. The number of nitrogens with zero attached hydrogens (tertiary/aromatic N) is 1. The molecule has 14 heavy (non-hydrogen) atoms. The monoisotopic (exact) mass is 190 g/mol. The Morgan fingerprint density at radius 1 is 1.50 bits per heavy atom. The van der Waals surface area contributed by atoms with Crippen LogP contribution in [0.4, 0.5) is 5.69 Å². The molecule has 2 heterocycles. The minimum Gasteiger partial charge on any atom is -0.369 e. The van der Waals surface area contributed by atoms with Crippen LogP contribution in [0, 0.1) is 0 Å². The summed E-state index contributed by atoms with van der Waals surface area (Å²) < 4.78 is 0. The first-order chi connectivity index (χ1) is 6.58. The van der Waals surface area contributed by atoms with E-state index in [0.29, 0.717) is 11.9 Å². The van der Waals surface area contributed by atoms with E-state index in [9.17, 15) is 0 Å². The number of fused-ring (bicyclic) bond motifs is 1. The molecule has 0 spiro atoms. The van der Waals surface area contributed by atoms with Crippen LogP contribution < -0.4 is 11.1 Å². The van der Waals surface area contributed by atoms with Gasteiger partial charge in [-0.1, -0.05) is 20.4 Å². The van der Waals surface area contributed by atoms with Gasteiger partial charge in [0.15, 0.2) is 5.96 Å². The van der Waals surface area contributed by atoms with Gasteiger partial charge in [0.25, 0.3) is 0 Å². The van der Waals surface area contributed by atoms with E-state index in [4.69, 9.17) is 5.73 Å². The molecule has 0 aliphatic carbocycles. The molecule has 0 saturated carbocycles. The van der Waals surface area contributed by atoms with Gasteiger partial charge in [-0.3, -0.25) is 0 Å². The third kappa shape index (κ3) is 1.28. The minimum absolute atomic E-state index is 0.400. The molecule has 0 aromatic carbocycles. The number of aliphatic imine (C=N–C) groups is 1. The van der Waals surface area contributed by atoms with Gasteiger partial charge < -0.3 is 16.0 Å². The van der Waals surface area contributed by atoms with E-state index >= 15 is 0 Å². The lowest BCUT2D eigenvalue weighted by Gasteiger charge is -2.13. The summed E-state index contributed by atoms with van der Waals surface area (Å²) in [5.74, 6) is 0.849. The van der Waals surface area contributed by atoms with Gasteiger partial charge in [0, 0.05) is 5.69 Å². The Bertz CT molecular complexity index is 412. The van der Waals surface area contributed by atoms with Crippen molar-refractivity contribution in [2.45, 2.75) is 19.8 Å². The van der Waals surface area contributed by atoms with Crippen LogP contribution in [0.1, 0.15) is 31.2 Å². The zero-order valence-corrected chi connectivity index (χ0v) is 8.39. The van der Waals surface area contributed by atoms with Crippen molar-refractivity contribution in [2.75, 3.05) is 0 Å². The largest absolute Gasteiger partial charge is 0.369 e. The van der Waals surface area contributed by atoms with Gasteiger partial charge >= 0.3 is 0 Å². The van der Waals surface area contributed by atoms with E-state index in [1.807, 2.05) is 6.07 Å². The summed E-state index contributed by atoms with van der Waals surface area (Å²) in [6, 6.07) is 2.01. The molecule has 0 atom stereocenters. The Kier molecular flexibility index (Phi) is 1.84. The number of nitrogens with two attached hydrogens (primary N) is 1. The molecule has 4 N–H and O–H groups in total. The van der Waals surface area contributed by atoms with Gasteiger partial charge in [-0.2, -0.15) is 0 Å². The average Bonchev–Trinajstić information content (AvgIpc) is 2.47. The minimum atomic E-state index is 0.400. The van der Waals surface area contributed by atoms with Gasteiger partial charge in [-0.15, -0.1) is 0 Å². The highest BCUT2D eigenvalue weighted by Gasteiger charge is 2.17. The van der Waals surface area contributed by atoms with Crippen LogP contribution in [0.2, 0.25) is 0 Å². The summed E-state index contributed by atoms with van der Waals surface area (Å²) in [4.78, 5) is 7.47. The number of H-pyrrole nitrogens is 1. The summed E-state index contributed by atoms with van der Waals surface area (Å²) >= 11 is 0. The van der Waals surface area contributed by atoms with Crippen molar-refractivity contribution in [2.24, 2.45) is 10.7 Å². The molecule has 0 unspecified atom stereocenters. The molecule has 0 fully saturated rings. The van der Waals surface area contributed by atoms with Crippen molar-refractivity contribution in [3.63, 3.8) is 0 Å². The average molecular weight is 190 g/mol. The van der Waals surface area contributed by atoms with Crippen molar-refractivity contribution in [1.29, 1.82) is 0 Å². The van der Waals surface area contributed by atoms with Crippen LogP contribution in [0.15, 0.2) is 17.6 Å². The smallest absolute Gasteiger partial charge is 0.198 e. The molecule has 1 aliphatic rings. The van der Waals surface area contributed by atoms with E-state index < -0.39 is 0 Å². The quantitative estimate of drug-likeness (QED) is 0.630. The zero-order valence-electron chi connectivity index (χ0n) is 8.39. The van der Waals surface area contributed by atoms with Crippen molar-refractivity contribution >= 4 is 17.3 Å². The molecule has 2 rings (SSSR count). The van der Waals surface area contributed by atoms with Gasteiger partial charge in [0.1, 0.15) is 0 Å². The molecule has 0 saturated heterocycles. The standard InChI is InChI=1S/C10H14N4/c1-5(2)7-4-8-9(13-7)6(3)12-10(11)14-8/h4-5,13H,3H2,1-2H3,(H3,11,12,14). The zero-order chi connectivity index (χ0) is 10.3. The highest BCUT2D eigenvalue weighted by atomic mass is 15.1. The number of aromatic amines is 1. The summed E-state index contributed by atoms with van der Waals surface area (Å²) in [7, 11) is 0. The molecular weight excluding hydrogens is 176 g/mol. The maximum absolute atomic E-state index is 5.59. The number of hydrogen-bond donors (Lipinski definition) is 3. The van der Waals surface area contributed by atoms with Gasteiger partial charge in [-0.25, -0.2) is 4.99 Å². The molecule has 4 heteroatoms. The molecule has 1 aromatic heterocycles. The first-order valence-electron chi connectivity index (χ1n) is 4.61. The third-order valence-corrected chi connectivity index (χ3v) is 2.26. The van der Waals surface area contributed by atoms with Crippen LogP contribution in [-0.4, -0.2) is 10.9 Å². The van der Waals surface area contributed by atoms with E-state index in [0.717, 1.165) is 22.8 Å². The van der Waals surface area contributed by atoms with Crippen molar-refractivity contribution in [3.05, 3.63) is 24.0 Å². The molecule has 74 valence electrons. The molecular formula is C10H14N4. The predicted octanol–water partition coefficient (Wildman–Crippen LogP) is 1.66. The summed E-state index contributed by atoms with van der Waals surface area (Å²) in [5.41, 5.74) is 9.32. The predicted molar refractivity (Wildman–Crippen MR) is 58.3 cm³/mol. The second-order valence-corrected chi connectivity index (χ2v) is 3.74. The second-order valence-electron chi connectivity index (χ2n) is 3.74. The molecule has 1 aromatic rings. The highest BCUT2D eigenvalue weighted by molar-refractivity contribution is 5.94.